The van der Waals surface area contributed by atoms with Gasteiger partial charge in [-0.1, -0.05) is 11.2 Å². The minimum atomic E-state index is 0.506. The minimum Gasteiger partial charge on any atom is -0.489 e. The van der Waals surface area contributed by atoms with Crippen LogP contribution in [0.5, 0.6) is 5.75 Å². The van der Waals surface area contributed by atoms with Crippen LogP contribution in [0.4, 0.5) is 0 Å². The van der Waals surface area contributed by atoms with Crippen LogP contribution in [-0.2, 0) is 19.6 Å². The fourth-order valence-corrected chi connectivity index (χ4v) is 2.16. The lowest BCUT2D eigenvalue weighted by molar-refractivity contribution is 0.303. The van der Waals surface area contributed by atoms with E-state index in [0.717, 1.165) is 36.5 Å². The standard InChI is InChI=1S/C14H16N2O2/c1-10-13(9-18-16-10)8-17-14-3-2-12-7-15-5-4-11(12)6-14/h2-3,6,9,15H,4-5,7-8H2,1H3. The maximum absolute atomic E-state index is 5.78. The molecule has 0 unspecified atom stereocenters. The van der Waals surface area contributed by atoms with Crippen molar-refractivity contribution >= 4 is 0 Å². The molecule has 1 aliphatic rings. The van der Waals surface area contributed by atoms with Gasteiger partial charge in [0.1, 0.15) is 18.6 Å². The van der Waals surface area contributed by atoms with Crippen LogP contribution in [0.15, 0.2) is 29.0 Å². The molecule has 0 fully saturated rings. The topological polar surface area (TPSA) is 47.3 Å². The monoisotopic (exact) mass is 244 g/mol. The number of hydrogen-bond donors (Lipinski definition) is 1. The Kier molecular flexibility index (Phi) is 3.02. The predicted octanol–water partition coefficient (Wildman–Crippen LogP) is 2.21. The highest BCUT2D eigenvalue weighted by molar-refractivity contribution is 5.37. The van der Waals surface area contributed by atoms with E-state index in [2.05, 4.69) is 22.6 Å². The second-order valence-electron chi connectivity index (χ2n) is 4.57. The highest BCUT2D eigenvalue weighted by atomic mass is 16.5. The Morgan fingerprint density at radius 3 is 3.17 bits per heavy atom. The van der Waals surface area contributed by atoms with E-state index in [-0.39, 0.29) is 0 Å². The maximum atomic E-state index is 5.78. The molecule has 2 heterocycles. The van der Waals surface area contributed by atoms with Crippen molar-refractivity contribution in [1.29, 1.82) is 0 Å². The SMILES string of the molecule is Cc1nocc1COc1ccc2c(c1)CCNC2. The average Bonchev–Trinajstić information content (AvgIpc) is 2.82. The number of ether oxygens (including phenoxy) is 1. The highest BCUT2D eigenvalue weighted by Gasteiger charge is 2.10. The summed E-state index contributed by atoms with van der Waals surface area (Å²) in [5.74, 6) is 0.913. The molecule has 0 amide bonds. The predicted molar refractivity (Wildman–Crippen MR) is 67.4 cm³/mol. The highest BCUT2D eigenvalue weighted by Crippen LogP contribution is 2.21. The summed E-state index contributed by atoms with van der Waals surface area (Å²) in [7, 11) is 0. The molecule has 0 saturated carbocycles. The van der Waals surface area contributed by atoms with Crippen molar-refractivity contribution in [2.45, 2.75) is 26.5 Å². The molecule has 3 rings (SSSR count). The van der Waals surface area contributed by atoms with Crippen LogP contribution in [0.25, 0.3) is 0 Å². The van der Waals surface area contributed by atoms with Gasteiger partial charge in [-0.3, -0.25) is 0 Å². The van der Waals surface area contributed by atoms with E-state index >= 15 is 0 Å². The van der Waals surface area contributed by atoms with Crippen LogP contribution in [0, 0.1) is 6.92 Å². The van der Waals surface area contributed by atoms with Crippen molar-refractivity contribution in [1.82, 2.24) is 10.5 Å². The molecule has 94 valence electrons. The minimum absolute atomic E-state index is 0.506. The largest absolute Gasteiger partial charge is 0.489 e. The quantitative estimate of drug-likeness (QED) is 0.899. The van der Waals surface area contributed by atoms with Crippen molar-refractivity contribution in [2.24, 2.45) is 0 Å². The Morgan fingerprint density at radius 1 is 1.39 bits per heavy atom. The molecule has 4 heteroatoms. The van der Waals surface area contributed by atoms with Crippen LogP contribution in [-0.4, -0.2) is 11.7 Å². The normalized spacial score (nSPS) is 14.3. The summed E-state index contributed by atoms with van der Waals surface area (Å²) in [6, 6.07) is 6.30. The van der Waals surface area contributed by atoms with Gasteiger partial charge in [0.2, 0.25) is 0 Å². The lowest BCUT2D eigenvalue weighted by Crippen LogP contribution is -2.23. The number of fused-ring (bicyclic) bond motifs is 1. The lowest BCUT2D eigenvalue weighted by Gasteiger charge is -2.17. The van der Waals surface area contributed by atoms with Gasteiger partial charge in [-0.15, -0.1) is 0 Å². The summed E-state index contributed by atoms with van der Waals surface area (Å²) >= 11 is 0. The molecule has 0 atom stereocenters. The fourth-order valence-electron chi connectivity index (χ4n) is 2.16. The Balaban J connectivity index is 1.71. The molecule has 1 aliphatic heterocycles. The molecular formula is C14H16N2O2. The van der Waals surface area contributed by atoms with E-state index in [1.165, 1.54) is 11.1 Å². The summed E-state index contributed by atoms with van der Waals surface area (Å²) in [5.41, 5.74) is 4.63. The van der Waals surface area contributed by atoms with Crippen molar-refractivity contribution < 1.29 is 9.26 Å². The smallest absolute Gasteiger partial charge is 0.130 e. The van der Waals surface area contributed by atoms with E-state index in [0.29, 0.717) is 6.61 Å². The van der Waals surface area contributed by atoms with E-state index in [4.69, 9.17) is 9.26 Å². The molecule has 2 aromatic rings. The summed E-state index contributed by atoms with van der Waals surface area (Å²) < 4.78 is 10.7. The van der Waals surface area contributed by atoms with Crippen LogP contribution < -0.4 is 10.1 Å². The first-order chi connectivity index (χ1) is 8.83. The number of aryl methyl sites for hydroxylation is 1. The molecule has 0 radical (unpaired) electrons. The zero-order valence-corrected chi connectivity index (χ0v) is 10.4. The molecule has 0 bridgehead atoms. The van der Waals surface area contributed by atoms with Gasteiger partial charge in [-0.25, -0.2) is 0 Å². The van der Waals surface area contributed by atoms with Crippen LogP contribution >= 0.6 is 0 Å². The lowest BCUT2D eigenvalue weighted by atomic mass is 10.0. The van der Waals surface area contributed by atoms with Crippen LogP contribution in [0.1, 0.15) is 22.4 Å². The van der Waals surface area contributed by atoms with Crippen molar-refractivity contribution in [3.05, 3.63) is 46.8 Å². The van der Waals surface area contributed by atoms with Gasteiger partial charge in [-0.05, 0) is 43.1 Å². The molecule has 1 aromatic heterocycles. The van der Waals surface area contributed by atoms with Gasteiger partial charge >= 0.3 is 0 Å². The van der Waals surface area contributed by atoms with E-state index in [9.17, 15) is 0 Å². The third kappa shape index (κ3) is 2.24. The Bertz CT molecular complexity index is 548. The van der Waals surface area contributed by atoms with Gasteiger partial charge < -0.3 is 14.6 Å². The summed E-state index contributed by atoms with van der Waals surface area (Å²) in [5, 5.41) is 7.20. The van der Waals surface area contributed by atoms with Gasteiger partial charge in [-0.2, -0.15) is 0 Å². The summed E-state index contributed by atoms with van der Waals surface area (Å²) in [6.45, 7) is 4.43. The number of nitrogens with one attached hydrogen (secondary N) is 1. The first kappa shape index (κ1) is 11.3. The van der Waals surface area contributed by atoms with Gasteiger partial charge in [0.15, 0.2) is 0 Å². The molecule has 4 nitrogen and oxygen atoms in total. The van der Waals surface area contributed by atoms with Crippen molar-refractivity contribution in [3.8, 4) is 5.75 Å². The van der Waals surface area contributed by atoms with Crippen molar-refractivity contribution in [2.75, 3.05) is 6.54 Å². The van der Waals surface area contributed by atoms with E-state index in [1.54, 1.807) is 6.26 Å². The van der Waals surface area contributed by atoms with E-state index in [1.807, 2.05) is 13.0 Å². The van der Waals surface area contributed by atoms with Crippen LogP contribution in [0.3, 0.4) is 0 Å². The molecule has 0 saturated heterocycles. The second kappa shape index (κ2) is 4.82. The van der Waals surface area contributed by atoms with Gasteiger partial charge in [0, 0.05) is 6.54 Å². The number of rotatable bonds is 3. The van der Waals surface area contributed by atoms with Crippen LogP contribution in [0.2, 0.25) is 0 Å². The fraction of sp³-hybridized carbons (Fsp3) is 0.357. The Labute approximate surface area is 106 Å². The third-order valence-electron chi connectivity index (χ3n) is 3.31. The molecule has 0 spiro atoms. The zero-order valence-electron chi connectivity index (χ0n) is 10.4. The maximum Gasteiger partial charge on any atom is 0.130 e. The molecule has 0 aliphatic carbocycles. The number of benzene rings is 1. The Hall–Kier alpha value is -1.81. The average molecular weight is 244 g/mol. The Morgan fingerprint density at radius 2 is 2.33 bits per heavy atom. The molecule has 1 aromatic carbocycles. The second-order valence-corrected chi connectivity index (χ2v) is 4.57. The molecular weight excluding hydrogens is 228 g/mol. The zero-order chi connectivity index (χ0) is 12.4. The number of hydrogen-bond acceptors (Lipinski definition) is 4. The third-order valence-corrected chi connectivity index (χ3v) is 3.31. The molecule has 18 heavy (non-hydrogen) atoms. The number of nitrogens with zero attached hydrogens (tertiary/aromatic N) is 1. The van der Waals surface area contributed by atoms with Gasteiger partial charge in [0.25, 0.3) is 0 Å². The summed E-state index contributed by atoms with van der Waals surface area (Å²) in [4.78, 5) is 0. The van der Waals surface area contributed by atoms with E-state index < -0.39 is 0 Å². The van der Waals surface area contributed by atoms with Gasteiger partial charge in [0.05, 0.1) is 11.3 Å². The summed E-state index contributed by atoms with van der Waals surface area (Å²) in [6.07, 6.45) is 2.70. The molecule has 1 N–H and O–H groups in total. The number of aromatic nitrogens is 1. The first-order valence-electron chi connectivity index (χ1n) is 6.18. The van der Waals surface area contributed by atoms with Crippen molar-refractivity contribution in [3.63, 3.8) is 0 Å². The first-order valence-corrected chi connectivity index (χ1v) is 6.18.